The highest BCUT2D eigenvalue weighted by Crippen LogP contribution is 2.36. The molecule has 1 aliphatic heterocycles. The summed E-state index contributed by atoms with van der Waals surface area (Å²) in [6.45, 7) is 12.1. The Morgan fingerprint density at radius 2 is 1.95 bits per heavy atom. The normalized spacial score (nSPS) is 20.9. The third kappa shape index (κ3) is 3.36. The van der Waals surface area contributed by atoms with Crippen LogP contribution in [0.25, 0.3) is 0 Å². The summed E-state index contributed by atoms with van der Waals surface area (Å²) in [6, 6.07) is -0.0355. The van der Waals surface area contributed by atoms with Crippen molar-refractivity contribution in [2.24, 2.45) is 0 Å². The second-order valence-electron chi connectivity index (χ2n) is 6.73. The van der Waals surface area contributed by atoms with Crippen molar-refractivity contribution in [2.45, 2.75) is 65.2 Å². The second kappa shape index (κ2) is 6.04. The van der Waals surface area contributed by atoms with E-state index in [0.717, 1.165) is 5.46 Å². The quantitative estimate of drug-likeness (QED) is 0.612. The van der Waals surface area contributed by atoms with Crippen molar-refractivity contribution < 1.29 is 18.8 Å². The van der Waals surface area contributed by atoms with E-state index >= 15 is 0 Å². The summed E-state index contributed by atoms with van der Waals surface area (Å²) in [5.74, 6) is -0.204. The molecule has 1 aliphatic rings. The zero-order chi connectivity index (χ0) is 16.5. The Morgan fingerprint density at radius 1 is 1.36 bits per heavy atom. The standard InChI is InChI=1S/C15H25BN2O4/c1-7-13(19)20-10-11(2)18-9-12(8-17-18)16-21-14(3,4)15(5,6)22-16/h8-9,11H,7,10H2,1-6H3. The summed E-state index contributed by atoms with van der Waals surface area (Å²) in [5.41, 5.74) is 0.122. The maximum absolute atomic E-state index is 11.2. The minimum absolute atomic E-state index is 0.0355. The highest BCUT2D eigenvalue weighted by atomic mass is 16.7. The smallest absolute Gasteiger partial charge is 0.463 e. The minimum Gasteiger partial charge on any atom is -0.463 e. The van der Waals surface area contributed by atoms with Gasteiger partial charge in [0.15, 0.2) is 0 Å². The van der Waals surface area contributed by atoms with Gasteiger partial charge in [0.1, 0.15) is 6.61 Å². The minimum atomic E-state index is -0.427. The Labute approximate surface area is 132 Å². The van der Waals surface area contributed by atoms with Crippen LogP contribution >= 0.6 is 0 Å². The van der Waals surface area contributed by atoms with Crippen LogP contribution in [0.3, 0.4) is 0 Å². The van der Waals surface area contributed by atoms with Crippen molar-refractivity contribution in [2.75, 3.05) is 6.61 Å². The fraction of sp³-hybridized carbons (Fsp3) is 0.733. The van der Waals surface area contributed by atoms with Crippen LogP contribution in [0.2, 0.25) is 0 Å². The van der Waals surface area contributed by atoms with Crippen molar-refractivity contribution >= 4 is 18.6 Å². The second-order valence-corrected chi connectivity index (χ2v) is 6.73. The third-order valence-electron chi connectivity index (χ3n) is 4.37. The molecule has 0 N–H and O–H groups in total. The molecule has 22 heavy (non-hydrogen) atoms. The molecule has 2 rings (SSSR count). The lowest BCUT2D eigenvalue weighted by Gasteiger charge is -2.32. The van der Waals surface area contributed by atoms with Crippen LogP contribution in [0.4, 0.5) is 0 Å². The SMILES string of the molecule is CCC(=O)OCC(C)n1cc(B2OC(C)(C)C(C)(C)O2)cn1. The Kier molecular flexibility index (Phi) is 4.68. The molecule has 2 heterocycles. The molecule has 0 spiro atoms. The molecule has 0 radical (unpaired) electrons. The van der Waals surface area contributed by atoms with E-state index in [1.165, 1.54) is 0 Å². The van der Waals surface area contributed by atoms with Gasteiger partial charge in [0.2, 0.25) is 0 Å². The number of rotatable bonds is 5. The Morgan fingerprint density at radius 3 is 2.50 bits per heavy atom. The van der Waals surface area contributed by atoms with Crippen LogP contribution in [-0.2, 0) is 18.8 Å². The number of hydrogen-bond donors (Lipinski definition) is 0. The lowest BCUT2D eigenvalue weighted by Crippen LogP contribution is -2.41. The summed E-state index contributed by atoms with van der Waals surface area (Å²) in [5, 5.41) is 4.33. The van der Waals surface area contributed by atoms with Gasteiger partial charge in [0, 0.05) is 24.3 Å². The van der Waals surface area contributed by atoms with Gasteiger partial charge in [-0.15, -0.1) is 0 Å². The highest BCUT2D eigenvalue weighted by molar-refractivity contribution is 6.61. The summed E-state index contributed by atoms with van der Waals surface area (Å²) in [4.78, 5) is 11.2. The first-order valence-corrected chi connectivity index (χ1v) is 7.71. The number of esters is 1. The first kappa shape index (κ1) is 17.0. The number of carbonyl (C=O) groups is 1. The summed E-state index contributed by atoms with van der Waals surface area (Å²) in [7, 11) is -0.427. The molecule has 7 heteroatoms. The first-order chi connectivity index (χ1) is 10.2. The van der Waals surface area contributed by atoms with Gasteiger partial charge in [-0.2, -0.15) is 5.10 Å². The molecule has 6 nitrogen and oxygen atoms in total. The molecule has 1 saturated heterocycles. The van der Waals surface area contributed by atoms with Gasteiger partial charge in [-0.25, -0.2) is 0 Å². The molecular formula is C15H25BN2O4. The Balaban J connectivity index is 2.02. The van der Waals surface area contributed by atoms with Gasteiger partial charge in [-0.1, -0.05) is 6.92 Å². The third-order valence-corrected chi connectivity index (χ3v) is 4.37. The predicted octanol–water partition coefficient (Wildman–Crippen LogP) is 1.70. The van der Waals surface area contributed by atoms with Gasteiger partial charge in [-0.3, -0.25) is 9.48 Å². The Hall–Kier alpha value is -1.34. The van der Waals surface area contributed by atoms with Crippen LogP contribution in [0.1, 0.15) is 54.0 Å². The van der Waals surface area contributed by atoms with Crippen LogP contribution in [-0.4, -0.2) is 40.7 Å². The monoisotopic (exact) mass is 308 g/mol. The van der Waals surface area contributed by atoms with E-state index < -0.39 is 7.12 Å². The fourth-order valence-electron chi connectivity index (χ4n) is 2.09. The van der Waals surface area contributed by atoms with E-state index in [4.69, 9.17) is 14.0 Å². The molecule has 0 saturated carbocycles. The maximum atomic E-state index is 11.2. The number of aromatic nitrogens is 2. The van der Waals surface area contributed by atoms with Crippen LogP contribution in [0.5, 0.6) is 0 Å². The van der Waals surface area contributed by atoms with Crippen molar-refractivity contribution in [1.82, 2.24) is 9.78 Å². The van der Waals surface area contributed by atoms with E-state index in [2.05, 4.69) is 5.10 Å². The van der Waals surface area contributed by atoms with Gasteiger partial charge in [-0.05, 0) is 34.6 Å². The van der Waals surface area contributed by atoms with Gasteiger partial charge in [0.05, 0.1) is 17.2 Å². The summed E-state index contributed by atoms with van der Waals surface area (Å²) < 4.78 is 18.9. The average molecular weight is 308 g/mol. The lowest BCUT2D eigenvalue weighted by molar-refractivity contribution is -0.144. The molecule has 1 aromatic rings. The van der Waals surface area contributed by atoms with E-state index in [1.807, 2.05) is 40.8 Å². The summed E-state index contributed by atoms with van der Waals surface area (Å²) in [6.07, 6.45) is 4.00. The van der Waals surface area contributed by atoms with E-state index in [1.54, 1.807) is 17.8 Å². The molecule has 0 bridgehead atoms. The Bertz CT molecular complexity index is 525. The molecule has 122 valence electrons. The summed E-state index contributed by atoms with van der Waals surface area (Å²) >= 11 is 0. The van der Waals surface area contributed by atoms with Crippen molar-refractivity contribution in [3.63, 3.8) is 0 Å². The van der Waals surface area contributed by atoms with E-state index in [9.17, 15) is 4.79 Å². The molecular weight excluding hydrogens is 283 g/mol. The molecule has 1 atom stereocenters. The first-order valence-electron chi connectivity index (χ1n) is 7.71. The molecule has 0 amide bonds. The van der Waals surface area contributed by atoms with E-state index in [0.29, 0.717) is 13.0 Å². The van der Waals surface area contributed by atoms with Crippen molar-refractivity contribution in [3.05, 3.63) is 12.4 Å². The largest absolute Gasteiger partial charge is 0.498 e. The average Bonchev–Trinajstić information content (AvgIpc) is 2.99. The van der Waals surface area contributed by atoms with Gasteiger partial charge < -0.3 is 14.0 Å². The van der Waals surface area contributed by atoms with Crippen LogP contribution < -0.4 is 5.46 Å². The fourth-order valence-corrected chi connectivity index (χ4v) is 2.09. The molecule has 0 aliphatic carbocycles. The van der Waals surface area contributed by atoms with Gasteiger partial charge in [0.25, 0.3) is 0 Å². The zero-order valence-corrected chi connectivity index (χ0v) is 14.3. The molecule has 1 aromatic heterocycles. The molecule has 1 fully saturated rings. The van der Waals surface area contributed by atoms with Crippen LogP contribution in [0.15, 0.2) is 12.4 Å². The van der Waals surface area contributed by atoms with Crippen molar-refractivity contribution in [3.8, 4) is 0 Å². The van der Waals surface area contributed by atoms with E-state index in [-0.39, 0.29) is 23.2 Å². The zero-order valence-electron chi connectivity index (χ0n) is 14.3. The predicted molar refractivity (Wildman–Crippen MR) is 83.9 cm³/mol. The molecule has 1 unspecified atom stereocenters. The van der Waals surface area contributed by atoms with Crippen molar-refractivity contribution in [1.29, 1.82) is 0 Å². The number of nitrogens with zero attached hydrogens (tertiary/aromatic N) is 2. The maximum Gasteiger partial charge on any atom is 0.498 e. The van der Waals surface area contributed by atoms with Crippen LogP contribution in [0, 0.1) is 0 Å². The lowest BCUT2D eigenvalue weighted by atomic mass is 9.82. The number of ether oxygens (including phenoxy) is 1. The topological polar surface area (TPSA) is 62.6 Å². The number of carbonyl (C=O) groups excluding carboxylic acids is 1. The highest BCUT2D eigenvalue weighted by Gasteiger charge is 2.52. The van der Waals surface area contributed by atoms with Gasteiger partial charge >= 0.3 is 13.1 Å². The number of hydrogen-bond acceptors (Lipinski definition) is 5. The molecule has 0 aromatic carbocycles.